The van der Waals surface area contributed by atoms with Crippen molar-refractivity contribution in [1.29, 1.82) is 0 Å². The van der Waals surface area contributed by atoms with Gasteiger partial charge in [0, 0.05) is 6.54 Å². The number of hydrogen-bond donors (Lipinski definition) is 2. The zero-order valence-corrected chi connectivity index (χ0v) is 12.4. The Morgan fingerprint density at radius 2 is 1.61 bits per heavy atom. The number of amides is 1. The van der Waals surface area contributed by atoms with Crippen molar-refractivity contribution in [3.05, 3.63) is 87.8 Å². The third-order valence-electron chi connectivity index (χ3n) is 3.42. The van der Waals surface area contributed by atoms with Gasteiger partial charge < -0.3 is 5.32 Å². The van der Waals surface area contributed by atoms with Gasteiger partial charge in [-0.15, -0.1) is 5.10 Å². The van der Waals surface area contributed by atoms with Crippen LogP contribution < -0.4 is 10.9 Å². The first-order valence-corrected chi connectivity index (χ1v) is 7.25. The molecule has 0 unspecified atom stereocenters. The van der Waals surface area contributed by atoms with Gasteiger partial charge in [0.05, 0.1) is 6.54 Å². The van der Waals surface area contributed by atoms with E-state index in [4.69, 9.17) is 0 Å². The zero-order valence-electron chi connectivity index (χ0n) is 12.4. The Bertz CT molecular complexity index is 838. The number of nitrogens with zero attached hydrogens (tertiary/aromatic N) is 2. The highest BCUT2D eigenvalue weighted by atomic mass is 16.2. The molecule has 0 fully saturated rings. The van der Waals surface area contributed by atoms with Crippen molar-refractivity contribution in [2.45, 2.75) is 13.1 Å². The highest BCUT2D eigenvalue weighted by molar-refractivity contribution is 5.91. The number of benzene rings is 2. The molecule has 0 spiro atoms. The van der Waals surface area contributed by atoms with Crippen LogP contribution in [-0.4, -0.2) is 20.9 Å². The maximum Gasteiger partial charge on any atom is 0.300 e. The SMILES string of the molecule is O=C(NCc1ccccc1)c1n[nH]n(Cc2ccccc2)c1=O. The van der Waals surface area contributed by atoms with Gasteiger partial charge in [-0.25, -0.2) is 9.90 Å². The van der Waals surface area contributed by atoms with Crippen molar-refractivity contribution >= 4 is 5.91 Å². The Kier molecular flexibility index (Phi) is 4.33. The average Bonchev–Trinajstić information content (AvgIpc) is 2.95. The first-order valence-electron chi connectivity index (χ1n) is 7.25. The van der Waals surface area contributed by atoms with Crippen LogP contribution in [0, 0.1) is 0 Å². The zero-order chi connectivity index (χ0) is 16.1. The smallest absolute Gasteiger partial charge is 0.300 e. The summed E-state index contributed by atoms with van der Waals surface area (Å²) < 4.78 is 1.31. The highest BCUT2D eigenvalue weighted by Gasteiger charge is 2.16. The molecule has 0 aliphatic carbocycles. The predicted molar refractivity (Wildman–Crippen MR) is 86.0 cm³/mol. The van der Waals surface area contributed by atoms with Crippen LogP contribution in [0.2, 0.25) is 0 Å². The van der Waals surface area contributed by atoms with E-state index < -0.39 is 11.5 Å². The van der Waals surface area contributed by atoms with Gasteiger partial charge in [-0.2, -0.15) is 0 Å². The fourth-order valence-electron chi connectivity index (χ4n) is 2.21. The molecule has 2 N–H and O–H groups in total. The number of aromatic nitrogens is 3. The minimum Gasteiger partial charge on any atom is -0.346 e. The van der Waals surface area contributed by atoms with E-state index in [1.165, 1.54) is 4.68 Å². The fraction of sp³-hybridized carbons (Fsp3) is 0.118. The predicted octanol–water partition coefficient (Wildman–Crippen LogP) is 1.55. The van der Waals surface area contributed by atoms with E-state index in [-0.39, 0.29) is 5.69 Å². The van der Waals surface area contributed by atoms with Gasteiger partial charge in [-0.3, -0.25) is 9.59 Å². The largest absolute Gasteiger partial charge is 0.346 e. The van der Waals surface area contributed by atoms with Crippen LogP contribution in [0.25, 0.3) is 0 Å². The number of nitrogens with one attached hydrogen (secondary N) is 2. The molecule has 23 heavy (non-hydrogen) atoms. The fourth-order valence-corrected chi connectivity index (χ4v) is 2.21. The van der Waals surface area contributed by atoms with Gasteiger partial charge in [0.2, 0.25) is 5.69 Å². The van der Waals surface area contributed by atoms with Gasteiger partial charge in [-0.05, 0) is 11.1 Å². The molecule has 0 saturated heterocycles. The number of hydrogen-bond acceptors (Lipinski definition) is 3. The maximum absolute atomic E-state index is 12.2. The summed E-state index contributed by atoms with van der Waals surface area (Å²) >= 11 is 0. The maximum atomic E-state index is 12.2. The Morgan fingerprint density at radius 3 is 2.26 bits per heavy atom. The minimum atomic E-state index is -0.484. The van der Waals surface area contributed by atoms with E-state index in [1.807, 2.05) is 60.7 Å². The molecule has 6 heteroatoms. The summed E-state index contributed by atoms with van der Waals surface area (Å²) in [5.74, 6) is -0.484. The van der Waals surface area contributed by atoms with Crippen molar-refractivity contribution in [3.63, 3.8) is 0 Å². The van der Waals surface area contributed by atoms with Crippen molar-refractivity contribution in [2.24, 2.45) is 0 Å². The van der Waals surface area contributed by atoms with Crippen LogP contribution in [-0.2, 0) is 13.1 Å². The van der Waals surface area contributed by atoms with Crippen molar-refractivity contribution < 1.29 is 4.79 Å². The second kappa shape index (κ2) is 6.74. The molecule has 0 bridgehead atoms. The Labute approximate surface area is 132 Å². The van der Waals surface area contributed by atoms with Gasteiger partial charge in [0.1, 0.15) is 0 Å². The molecule has 1 aromatic heterocycles. The number of rotatable bonds is 5. The Balaban J connectivity index is 1.69. The summed E-state index contributed by atoms with van der Waals surface area (Å²) in [6, 6.07) is 19.0. The number of aromatic amines is 1. The molecule has 3 rings (SSSR count). The van der Waals surface area contributed by atoms with Crippen LogP contribution in [0.5, 0.6) is 0 Å². The van der Waals surface area contributed by atoms with E-state index >= 15 is 0 Å². The summed E-state index contributed by atoms with van der Waals surface area (Å²) in [6.07, 6.45) is 0. The number of H-pyrrole nitrogens is 1. The third kappa shape index (κ3) is 3.55. The lowest BCUT2D eigenvalue weighted by Gasteiger charge is -2.02. The molecule has 0 aliphatic heterocycles. The molecule has 0 radical (unpaired) electrons. The molecular weight excluding hydrogens is 292 g/mol. The van der Waals surface area contributed by atoms with Crippen LogP contribution in [0.15, 0.2) is 65.5 Å². The lowest BCUT2D eigenvalue weighted by atomic mass is 10.2. The van der Waals surface area contributed by atoms with Crippen molar-refractivity contribution in [1.82, 2.24) is 20.3 Å². The van der Waals surface area contributed by atoms with Gasteiger partial charge >= 0.3 is 0 Å². The summed E-state index contributed by atoms with van der Waals surface area (Å²) in [6.45, 7) is 0.698. The van der Waals surface area contributed by atoms with Crippen LogP contribution in [0.1, 0.15) is 21.6 Å². The molecule has 0 saturated carbocycles. The summed E-state index contributed by atoms with van der Waals surface area (Å²) in [5, 5.41) is 9.13. The van der Waals surface area contributed by atoms with Crippen LogP contribution in [0.3, 0.4) is 0 Å². The Hall–Kier alpha value is -3.15. The second-order valence-electron chi connectivity index (χ2n) is 5.11. The van der Waals surface area contributed by atoms with E-state index in [2.05, 4.69) is 15.6 Å². The molecule has 3 aromatic rings. The lowest BCUT2D eigenvalue weighted by molar-refractivity contribution is 0.0944. The number of carbonyl (C=O) groups excluding carboxylic acids is 1. The molecule has 2 aromatic carbocycles. The minimum absolute atomic E-state index is 0.128. The summed E-state index contributed by atoms with van der Waals surface area (Å²) in [5.41, 5.74) is 1.35. The molecule has 6 nitrogen and oxygen atoms in total. The molecule has 0 atom stereocenters. The van der Waals surface area contributed by atoms with E-state index in [0.29, 0.717) is 13.1 Å². The van der Waals surface area contributed by atoms with Crippen molar-refractivity contribution in [3.8, 4) is 0 Å². The van der Waals surface area contributed by atoms with E-state index in [9.17, 15) is 9.59 Å². The molecule has 1 heterocycles. The van der Waals surface area contributed by atoms with Gasteiger partial charge in [0.15, 0.2) is 0 Å². The monoisotopic (exact) mass is 308 g/mol. The second-order valence-corrected chi connectivity index (χ2v) is 5.11. The quantitative estimate of drug-likeness (QED) is 0.750. The van der Waals surface area contributed by atoms with E-state index in [1.54, 1.807) is 0 Å². The summed E-state index contributed by atoms with van der Waals surface area (Å²) in [4.78, 5) is 24.3. The van der Waals surface area contributed by atoms with Gasteiger partial charge in [-0.1, -0.05) is 60.7 Å². The highest BCUT2D eigenvalue weighted by Crippen LogP contribution is 2.00. The molecular formula is C17H16N4O2. The average molecular weight is 308 g/mol. The third-order valence-corrected chi connectivity index (χ3v) is 3.42. The topological polar surface area (TPSA) is 79.8 Å². The van der Waals surface area contributed by atoms with Crippen LogP contribution in [0.4, 0.5) is 0 Å². The standard InChI is InChI=1S/C17H16N4O2/c22-16(18-11-13-7-3-1-4-8-13)15-17(23)21(20-19-15)12-14-9-5-2-6-10-14/h1-10,20H,11-12H2,(H,18,22). The Morgan fingerprint density at radius 1 is 1.00 bits per heavy atom. The first-order chi connectivity index (χ1) is 11.2. The number of carbonyl (C=O) groups is 1. The molecule has 0 aliphatic rings. The van der Waals surface area contributed by atoms with Crippen LogP contribution >= 0.6 is 0 Å². The molecule has 116 valence electrons. The van der Waals surface area contributed by atoms with E-state index in [0.717, 1.165) is 11.1 Å². The normalized spacial score (nSPS) is 10.4. The van der Waals surface area contributed by atoms with Gasteiger partial charge in [0.25, 0.3) is 11.5 Å². The lowest BCUT2D eigenvalue weighted by Crippen LogP contribution is -2.30. The van der Waals surface area contributed by atoms with Crippen molar-refractivity contribution in [2.75, 3.05) is 0 Å². The summed E-state index contributed by atoms with van der Waals surface area (Å²) in [7, 11) is 0. The first kappa shape index (κ1) is 14.8. The molecule has 1 amide bonds.